The van der Waals surface area contributed by atoms with Crippen molar-refractivity contribution in [2.45, 2.75) is 25.8 Å². The van der Waals surface area contributed by atoms with E-state index in [0.29, 0.717) is 25.0 Å². The Morgan fingerprint density at radius 2 is 2.00 bits per heavy atom. The van der Waals surface area contributed by atoms with Gasteiger partial charge < -0.3 is 9.64 Å². The minimum atomic E-state index is -1.06. The molecule has 0 N–H and O–H groups in total. The van der Waals surface area contributed by atoms with Crippen LogP contribution in [-0.4, -0.2) is 30.1 Å². The van der Waals surface area contributed by atoms with Gasteiger partial charge in [0.1, 0.15) is 12.2 Å². The number of anilines is 1. The molecule has 0 unspecified atom stereocenters. The first kappa shape index (κ1) is 15.1. The fourth-order valence-electron chi connectivity index (χ4n) is 2.05. The fraction of sp³-hybridized carbons (Fsp3) is 0.462. The summed E-state index contributed by atoms with van der Waals surface area (Å²) in [7, 11) is 0. The van der Waals surface area contributed by atoms with Crippen LogP contribution in [0.15, 0.2) is 12.1 Å². The lowest BCUT2D eigenvalue weighted by Crippen LogP contribution is -2.34. The molecule has 0 radical (unpaired) electrons. The van der Waals surface area contributed by atoms with Crippen molar-refractivity contribution >= 4 is 17.3 Å². The van der Waals surface area contributed by atoms with E-state index in [4.69, 9.17) is 4.74 Å². The maximum Gasteiger partial charge on any atom is 0.325 e. The van der Waals surface area contributed by atoms with E-state index >= 15 is 0 Å². The Balaban J connectivity index is 2.32. The van der Waals surface area contributed by atoms with E-state index in [1.54, 1.807) is 6.92 Å². The summed E-state index contributed by atoms with van der Waals surface area (Å²) in [5.41, 5.74) is -1.09. The van der Waals surface area contributed by atoms with Gasteiger partial charge in [-0.05, 0) is 19.8 Å². The van der Waals surface area contributed by atoms with Gasteiger partial charge in [-0.2, -0.15) is 0 Å². The molecular formula is C13H14F2N2O4. The molecule has 1 fully saturated rings. The second-order valence-corrected chi connectivity index (χ2v) is 4.68. The molecule has 114 valence electrons. The highest BCUT2D eigenvalue weighted by atomic mass is 19.1. The normalized spacial score (nSPS) is 13.9. The Hall–Kier alpha value is -2.25. The lowest BCUT2D eigenvalue weighted by atomic mass is 10.2. The predicted molar refractivity (Wildman–Crippen MR) is 70.0 cm³/mol. The van der Waals surface area contributed by atoms with Crippen molar-refractivity contribution in [3.63, 3.8) is 0 Å². The van der Waals surface area contributed by atoms with Crippen LogP contribution >= 0.6 is 0 Å². The van der Waals surface area contributed by atoms with Crippen molar-refractivity contribution in [3.05, 3.63) is 33.9 Å². The Morgan fingerprint density at radius 3 is 2.43 bits per heavy atom. The molecule has 1 aromatic carbocycles. The molecule has 0 saturated heterocycles. The summed E-state index contributed by atoms with van der Waals surface area (Å²) in [6.07, 6.45) is 1.41. The second-order valence-electron chi connectivity index (χ2n) is 4.68. The molecule has 1 aromatic rings. The third-order valence-corrected chi connectivity index (χ3v) is 3.09. The van der Waals surface area contributed by atoms with Crippen LogP contribution in [0.2, 0.25) is 0 Å². The number of nitro groups is 1. The minimum absolute atomic E-state index is 0.153. The van der Waals surface area contributed by atoms with Gasteiger partial charge in [0.25, 0.3) is 5.69 Å². The Labute approximate surface area is 119 Å². The van der Waals surface area contributed by atoms with Gasteiger partial charge in [-0.15, -0.1) is 0 Å². The Kier molecular flexibility index (Phi) is 4.35. The number of rotatable bonds is 6. The SMILES string of the molecule is CCOC(=O)CN(c1c(F)cc([N+](=O)[O-])cc1F)C1CC1. The number of esters is 1. The zero-order valence-electron chi connectivity index (χ0n) is 11.3. The van der Waals surface area contributed by atoms with Crippen LogP contribution in [0.25, 0.3) is 0 Å². The molecule has 0 bridgehead atoms. The quantitative estimate of drug-likeness (QED) is 0.458. The molecule has 1 saturated carbocycles. The van der Waals surface area contributed by atoms with E-state index in [1.807, 2.05) is 0 Å². The molecule has 0 amide bonds. The molecule has 8 heteroatoms. The maximum atomic E-state index is 14.0. The van der Waals surface area contributed by atoms with E-state index in [1.165, 1.54) is 4.90 Å². The van der Waals surface area contributed by atoms with Gasteiger partial charge in [0, 0.05) is 6.04 Å². The molecule has 0 spiro atoms. The van der Waals surface area contributed by atoms with Crippen LogP contribution in [0.4, 0.5) is 20.2 Å². The van der Waals surface area contributed by atoms with Crippen LogP contribution in [0, 0.1) is 21.7 Å². The molecular weight excluding hydrogens is 286 g/mol. The van der Waals surface area contributed by atoms with Gasteiger partial charge in [0.2, 0.25) is 0 Å². The van der Waals surface area contributed by atoms with Crippen molar-refractivity contribution in [1.82, 2.24) is 0 Å². The summed E-state index contributed by atoms with van der Waals surface area (Å²) < 4.78 is 32.8. The highest BCUT2D eigenvalue weighted by Crippen LogP contribution is 2.36. The van der Waals surface area contributed by atoms with Crippen molar-refractivity contribution in [2.24, 2.45) is 0 Å². The summed E-state index contributed by atoms with van der Waals surface area (Å²) >= 11 is 0. The first-order valence-corrected chi connectivity index (χ1v) is 6.49. The van der Waals surface area contributed by atoms with Gasteiger partial charge in [0.05, 0.1) is 23.7 Å². The molecule has 0 aromatic heterocycles. The van der Waals surface area contributed by atoms with E-state index in [9.17, 15) is 23.7 Å². The van der Waals surface area contributed by atoms with E-state index < -0.39 is 33.9 Å². The molecule has 1 aliphatic carbocycles. The van der Waals surface area contributed by atoms with Crippen LogP contribution in [0.1, 0.15) is 19.8 Å². The third-order valence-electron chi connectivity index (χ3n) is 3.09. The van der Waals surface area contributed by atoms with Gasteiger partial charge in [-0.25, -0.2) is 8.78 Å². The van der Waals surface area contributed by atoms with Gasteiger partial charge in [0.15, 0.2) is 11.6 Å². The number of benzene rings is 1. The number of carbonyl (C=O) groups is 1. The predicted octanol–water partition coefficient (Wildman–Crippen LogP) is 2.40. The lowest BCUT2D eigenvalue weighted by Gasteiger charge is -2.24. The average molecular weight is 300 g/mol. The molecule has 6 nitrogen and oxygen atoms in total. The maximum absolute atomic E-state index is 14.0. The zero-order chi connectivity index (χ0) is 15.6. The number of hydrogen-bond donors (Lipinski definition) is 0. The number of nitrogens with zero attached hydrogens (tertiary/aromatic N) is 2. The Morgan fingerprint density at radius 1 is 1.43 bits per heavy atom. The largest absolute Gasteiger partial charge is 0.465 e. The van der Waals surface area contributed by atoms with Crippen LogP contribution in [0.5, 0.6) is 0 Å². The third kappa shape index (κ3) is 3.45. The summed E-state index contributed by atoms with van der Waals surface area (Å²) in [6, 6.07) is 1.15. The Bertz CT molecular complexity index is 552. The summed E-state index contributed by atoms with van der Waals surface area (Å²) in [4.78, 5) is 22.5. The minimum Gasteiger partial charge on any atom is -0.465 e. The number of carbonyl (C=O) groups excluding carboxylic acids is 1. The summed E-state index contributed by atoms with van der Waals surface area (Å²) in [5.74, 6) is -2.71. The van der Waals surface area contributed by atoms with Crippen molar-refractivity contribution in [1.29, 1.82) is 0 Å². The molecule has 0 aliphatic heterocycles. The van der Waals surface area contributed by atoms with Crippen molar-refractivity contribution < 1.29 is 23.2 Å². The topological polar surface area (TPSA) is 72.7 Å². The summed E-state index contributed by atoms with van der Waals surface area (Å²) in [6.45, 7) is 1.51. The number of nitro benzene ring substituents is 1. The zero-order valence-corrected chi connectivity index (χ0v) is 11.3. The van der Waals surface area contributed by atoms with Crippen LogP contribution in [-0.2, 0) is 9.53 Å². The fourth-order valence-corrected chi connectivity index (χ4v) is 2.05. The second kappa shape index (κ2) is 6.02. The molecule has 21 heavy (non-hydrogen) atoms. The van der Waals surface area contributed by atoms with Crippen LogP contribution < -0.4 is 4.90 Å². The smallest absolute Gasteiger partial charge is 0.325 e. The van der Waals surface area contributed by atoms with E-state index in [0.717, 1.165) is 0 Å². The molecule has 0 heterocycles. The van der Waals surface area contributed by atoms with Gasteiger partial charge in [-0.3, -0.25) is 14.9 Å². The van der Waals surface area contributed by atoms with E-state index in [2.05, 4.69) is 0 Å². The number of halogens is 2. The summed E-state index contributed by atoms with van der Waals surface area (Å²) in [5, 5.41) is 10.6. The first-order valence-electron chi connectivity index (χ1n) is 6.49. The molecule has 0 atom stereocenters. The number of ether oxygens (including phenoxy) is 1. The lowest BCUT2D eigenvalue weighted by molar-refractivity contribution is -0.385. The highest BCUT2D eigenvalue weighted by Gasteiger charge is 2.35. The van der Waals surface area contributed by atoms with Crippen LogP contribution in [0.3, 0.4) is 0 Å². The van der Waals surface area contributed by atoms with Gasteiger partial charge >= 0.3 is 5.97 Å². The monoisotopic (exact) mass is 300 g/mol. The molecule has 1 aliphatic rings. The van der Waals surface area contributed by atoms with Gasteiger partial charge in [-0.1, -0.05) is 0 Å². The number of non-ortho nitro benzene ring substituents is 1. The first-order chi connectivity index (χ1) is 9.93. The standard InChI is InChI=1S/C13H14F2N2O4/c1-2-21-12(18)7-16(8-3-4-8)13-10(14)5-9(17(19)20)6-11(13)15/h5-6,8H,2-4,7H2,1H3. The van der Waals surface area contributed by atoms with Crippen molar-refractivity contribution in [2.75, 3.05) is 18.1 Å². The average Bonchev–Trinajstić information content (AvgIpc) is 3.20. The number of hydrogen-bond acceptors (Lipinski definition) is 5. The van der Waals surface area contributed by atoms with E-state index in [-0.39, 0.29) is 19.2 Å². The highest BCUT2D eigenvalue weighted by molar-refractivity contribution is 5.76. The molecule has 2 rings (SSSR count). The van der Waals surface area contributed by atoms with Crippen molar-refractivity contribution in [3.8, 4) is 0 Å².